The Kier molecular flexibility index (Phi) is 3.66. The van der Waals surface area contributed by atoms with E-state index in [1.54, 1.807) is 6.92 Å². The third-order valence-electron chi connectivity index (χ3n) is 2.15. The van der Waals surface area contributed by atoms with Crippen LogP contribution in [-0.2, 0) is 10.0 Å². The molecule has 0 heterocycles. The van der Waals surface area contributed by atoms with Gasteiger partial charge >= 0.3 is 0 Å². The molecule has 0 aromatic carbocycles. The van der Waals surface area contributed by atoms with E-state index in [9.17, 15) is 12.8 Å². The van der Waals surface area contributed by atoms with E-state index in [0.717, 1.165) is 0 Å². The first kappa shape index (κ1) is 11.7. The molecule has 2 atom stereocenters. The monoisotopic (exact) mass is 221 g/mol. The topological polar surface area (TPSA) is 46.2 Å². The zero-order chi connectivity index (χ0) is 10.8. The van der Waals surface area contributed by atoms with E-state index in [1.165, 1.54) is 0 Å². The molecule has 2 unspecified atom stereocenters. The fourth-order valence-corrected chi connectivity index (χ4v) is 3.11. The van der Waals surface area contributed by atoms with E-state index in [1.807, 2.05) is 0 Å². The van der Waals surface area contributed by atoms with Gasteiger partial charge in [-0.15, -0.1) is 0 Å². The molecule has 1 fully saturated rings. The van der Waals surface area contributed by atoms with E-state index >= 15 is 0 Å². The largest absolute Gasteiger partial charge is 0.247 e. The summed E-state index contributed by atoms with van der Waals surface area (Å²) in [5, 5.41) is 0. The summed E-state index contributed by atoms with van der Waals surface area (Å²) >= 11 is 0. The van der Waals surface area contributed by atoms with Gasteiger partial charge in [-0.05, 0) is 26.2 Å². The van der Waals surface area contributed by atoms with E-state index in [0.29, 0.717) is 24.8 Å². The summed E-state index contributed by atoms with van der Waals surface area (Å²) in [6.07, 6.45) is 0.499. The maximum Gasteiger partial charge on any atom is 0.215 e. The molecule has 0 aromatic rings. The van der Waals surface area contributed by atoms with Crippen molar-refractivity contribution < 1.29 is 12.8 Å². The second kappa shape index (κ2) is 4.40. The minimum Gasteiger partial charge on any atom is -0.247 e. The first-order valence-corrected chi connectivity index (χ1v) is 6.33. The number of hydrogen-bond acceptors (Lipinski definition) is 2. The van der Waals surface area contributed by atoms with Gasteiger partial charge < -0.3 is 0 Å². The third kappa shape index (κ3) is 3.75. The van der Waals surface area contributed by atoms with Gasteiger partial charge in [0.15, 0.2) is 0 Å². The fraction of sp³-hybridized carbons (Fsp3) is 0.778. The Morgan fingerprint density at radius 2 is 2.21 bits per heavy atom. The summed E-state index contributed by atoms with van der Waals surface area (Å²) in [6.45, 7) is 5.20. The highest BCUT2D eigenvalue weighted by atomic mass is 32.2. The summed E-state index contributed by atoms with van der Waals surface area (Å²) in [5.74, 6) is -0.0690. The number of alkyl halides is 1. The Hall–Kier alpha value is -0.420. The summed E-state index contributed by atoms with van der Waals surface area (Å²) in [7, 11) is -3.30. The van der Waals surface area contributed by atoms with Crippen LogP contribution in [0.3, 0.4) is 0 Å². The van der Waals surface area contributed by atoms with Crippen molar-refractivity contribution in [3.05, 3.63) is 12.2 Å². The zero-order valence-corrected chi connectivity index (χ0v) is 9.11. The quantitative estimate of drug-likeness (QED) is 0.729. The van der Waals surface area contributed by atoms with Crippen LogP contribution >= 0.6 is 0 Å². The number of nitrogens with one attached hydrogen (secondary N) is 1. The Labute approximate surface area is 84.4 Å². The molecule has 1 saturated carbocycles. The highest BCUT2D eigenvalue weighted by Gasteiger charge is 2.27. The number of rotatable bonds is 4. The normalized spacial score (nSPS) is 27.9. The molecule has 0 aromatic heterocycles. The minimum atomic E-state index is -3.30. The lowest BCUT2D eigenvalue weighted by Crippen LogP contribution is -2.35. The SMILES string of the molecule is C=C(C)CS(=O)(=O)NC1CCC(F)C1. The van der Waals surface area contributed by atoms with Gasteiger partial charge in [-0.3, -0.25) is 0 Å². The summed E-state index contributed by atoms with van der Waals surface area (Å²) in [6, 6.07) is -0.227. The van der Waals surface area contributed by atoms with Crippen LogP contribution in [0.2, 0.25) is 0 Å². The first-order chi connectivity index (χ1) is 6.39. The van der Waals surface area contributed by atoms with Gasteiger partial charge in [0.25, 0.3) is 0 Å². The second-order valence-electron chi connectivity index (χ2n) is 3.94. The van der Waals surface area contributed by atoms with Crippen LogP contribution < -0.4 is 4.72 Å². The molecule has 0 aliphatic heterocycles. The Morgan fingerprint density at radius 3 is 2.64 bits per heavy atom. The Morgan fingerprint density at radius 1 is 1.57 bits per heavy atom. The Balaban J connectivity index is 2.47. The highest BCUT2D eigenvalue weighted by Crippen LogP contribution is 2.22. The molecule has 1 aliphatic rings. The molecule has 0 bridgehead atoms. The maximum absolute atomic E-state index is 12.8. The molecule has 82 valence electrons. The molecule has 0 radical (unpaired) electrons. The van der Waals surface area contributed by atoms with Gasteiger partial charge in [0, 0.05) is 6.04 Å². The van der Waals surface area contributed by atoms with Gasteiger partial charge in [-0.2, -0.15) is 0 Å². The molecule has 0 spiro atoms. The van der Waals surface area contributed by atoms with Crippen molar-refractivity contribution in [2.75, 3.05) is 5.75 Å². The van der Waals surface area contributed by atoms with Gasteiger partial charge in [0.2, 0.25) is 10.0 Å². The van der Waals surface area contributed by atoms with Crippen molar-refractivity contribution in [1.29, 1.82) is 0 Å². The third-order valence-corrected chi connectivity index (χ3v) is 3.72. The van der Waals surface area contributed by atoms with Gasteiger partial charge in [0.1, 0.15) is 6.17 Å². The van der Waals surface area contributed by atoms with E-state index in [4.69, 9.17) is 0 Å². The maximum atomic E-state index is 12.8. The molecule has 1 aliphatic carbocycles. The molecule has 1 N–H and O–H groups in total. The van der Waals surface area contributed by atoms with Gasteiger partial charge in [0.05, 0.1) is 5.75 Å². The molecule has 1 rings (SSSR count). The molecule has 5 heteroatoms. The van der Waals surface area contributed by atoms with E-state index in [-0.39, 0.29) is 11.8 Å². The second-order valence-corrected chi connectivity index (χ2v) is 5.70. The minimum absolute atomic E-state index is 0.0690. The molecule has 3 nitrogen and oxygen atoms in total. The number of hydrogen-bond donors (Lipinski definition) is 1. The van der Waals surface area contributed by atoms with Gasteiger partial charge in [-0.1, -0.05) is 12.2 Å². The lowest BCUT2D eigenvalue weighted by Gasteiger charge is -2.12. The van der Waals surface area contributed by atoms with Crippen LogP contribution in [0.5, 0.6) is 0 Å². The van der Waals surface area contributed by atoms with Crippen molar-refractivity contribution >= 4 is 10.0 Å². The van der Waals surface area contributed by atoms with Crippen LogP contribution in [0.1, 0.15) is 26.2 Å². The van der Waals surface area contributed by atoms with E-state index in [2.05, 4.69) is 11.3 Å². The van der Waals surface area contributed by atoms with Gasteiger partial charge in [-0.25, -0.2) is 17.5 Å². The van der Waals surface area contributed by atoms with Crippen LogP contribution in [0.4, 0.5) is 4.39 Å². The standard InChI is InChI=1S/C9H16FNO2S/c1-7(2)6-14(12,13)11-9-4-3-8(10)5-9/h8-9,11H,1,3-6H2,2H3. The average Bonchev–Trinajstić information content (AvgIpc) is 2.30. The predicted octanol–water partition coefficient (Wildman–Crippen LogP) is 1.37. The molecule has 0 saturated heterocycles. The van der Waals surface area contributed by atoms with Crippen molar-refractivity contribution in [3.63, 3.8) is 0 Å². The first-order valence-electron chi connectivity index (χ1n) is 4.67. The summed E-state index contributed by atoms with van der Waals surface area (Å²) < 4.78 is 38.1. The van der Waals surface area contributed by atoms with Crippen molar-refractivity contribution in [2.24, 2.45) is 0 Å². The fourth-order valence-electron chi connectivity index (χ4n) is 1.65. The van der Waals surface area contributed by atoms with Crippen LogP contribution in [0, 0.1) is 0 Å². The van der Waals surface area contributed by atoms with Crippen molar-refractivity contribution in [1.82, 2.24) is 4.72 Å². The summed E-state index contributed by atoms with van der Waals surface area (Å²) in [5.41, 5.74) is 0.590. The van der Waals surface area contributed by atoms with Crippen LogP contribution in [0.15, 0.2) is 12.2 Å². The van der Waals surface area contributed by atoms with Crippen molar-refractivity contribution in [2.45, 2.75) is 38.4 Å². The molecule has 0 amide bonds. The zero-order valence-electron chi connectivity index (χ0n) is 8.29. The summed E-state index contributed by atoms with van der Waals surface area (Å²) in [4.78, 5) is 0. The van der Waals surface area contributed by atoms with Crippen molar-refractivity contribution in [3.8, 4) is 0 Å². The predicted molar refractivity (Wildman–Crippen MR) is 54.3 cm³/mol. The lowest BCUT2D eigenvalue weighted by molar-refractivity contribution is 0.337. The molecule has 14 heavy (non-hydrogen) atoms. The molecular weight excluding hydrogens is 205 g/mol. The Bertz CT molecular complexity index is 313. The highest BCUT2D eigenvalue weighted by molar-refractivity contribution is 7.89. The van der Waals surface area contributed by atoms with E-state index < -0.39 is 16.2 Å². The number of halogens is 1. The van der Waals surface area contributed by atoms with Crippen LogP contribution in [0.25, 0.3) is 0 Å². The smallest absolute Gasteiger partial charge is 0.215 e. The lowest BCUT2D eigenvalue weighted by atomic mass is 10.3. The average molecular weight is 221 g/mol. The number of sulfonamides is 1. The molecular formula is C9H16FNO2S. The van der Waals surface area contributed by atoms with Crippen LogP contribution in [-0.4, -0.2) is 26.4 Å².